The molecule has 0 bridgehead atoms. The molecule has 2 heterocycles. The molecular formula is C17H21Cl2N5OS. The summed E-state index contributed by atoms with van der Waals surface area (Å²) in [6.45, 7) is 2.96. The van der Waals surface area contributed by atoms with Gasteiger partial charge in [-0.3, -0.25) is 4.79 Å². The summed E-state index contributed by atoms with van der Waals surface area (Å²) in [6.07, 6.45) is 4.33. The molecule has 3 rings (SSSR count). The van der Waals surface area contributed by atoms with Gasteiger partial charge in [-0.2, -0.15) is 0 Å². The Morgan fingerprint density at radius 1 is 1.35 bits per heavy atom. The van der Waals surface area contributed by atoms with Crippen LogP contribution in [-0.2, 0) is 4.79 Å². The molecule has 26 heavy (non-hydrogen) atoms. The van der Waals surface area contributed by atoms with E-state index in [1.54, 1.807) is 18.2 Å². The molecule has 1 aromatic heterocycles. The van der Waals surface area contributed by atoms with Gasteiger partial charge in [-0.15, -0.1) is 10.2 Å². The van der Waals surface area contributed by atoms with E-state index in [9.17, 15) is 4.79 Å². The number of nitrogens with zero attached hydrogens (tertiary/aromatic N) is 4. The van der Waals surface area contributed by atoms with Crippen LogP contribution in [0.4, 0.5) is 0 Å². The highest BCUT2D eigenvalue weighted by molar-refractivity contribution is 7.99. The van der Waals surface area contributed by atoms with Crippen LogP contribution in [0, 0.1) is 0 Å². The highest BCUT2D eigenvalue weighted by atomic mass is 35.5. The molecule has 1 fully saturated rings. The molecule has 1 aromatic carbocycles. The van der Waals surface area contributed by atoms with Crippen LogP contribution in [0.25, 0.3) is 11.4 Å². The SMILES string of the molecule is CC[C@H]1CCCCN1C(=O)CSc1nnc(-c2ccc(Cl)cc2Cl)n1N. The number of amides is 1. The van der Waals surface area contributed by atoms with Crippen molar-refractivity contribution in [2.24, 2.45) is 0 Å². The van der Waals surface area contributed by atoms with Gasteiger partial charge in [0.15, 0.2) is 5.82 Å². The van der Waals surface area contributed by atoms with E-state index in [0.29, 0.717) is 38.4 Å². The van der Waals surface area contributed by atoms with Gasteiger partial charge in [0, 0.05) is 23.2 Å². The van der Waals surface area contributed by atoms with Crippen molar-refractivity contribution in [3.05, 3.63) is 28.2 Å². The fraction of sp³-hybridized carbons (Fsp3) is 0.471. The minimum Gasteiger partial charge on any atom is -0.339 e. The molecule has 0 spiro atoms. The third-order valence-electron chi connectivity index (χ3n) is 4.58. The van der Waals surface area contributed by atoms with E-state index >= 15 is 0 Å². The van der Waals surface area contributed by atoms with Crippen molar-refractivity contribution in [3.63, 3.8) is 0 Å². The first-order valence-corrected chi connectivity index (χ1v) is 10.3. The average molecular weight is 414 g/mol. The molecule has 1 saturated heterocycles. The molecule has 0 aliphatic carbocycles. The van der Waals surface area contributed by atoms with Gasteiger partial charge < -0.3 is 10.7 Å². The Kier molecular flexibility index (Phi) is 6.32. The van der Waals surface area contributed by atoms with Crippen LogP contribution in [0.1, 0.15) is 32.6 Å². The Morgan fingerprint density at radius 3 is 2.88 bits per heavy atom. The number of piperidine rings is 1. The summed E-state index contributed by atoms with van der Waals surface area (Å²) in [5.74, 6) is 6.96. The number of halogens is 2. The predicted octanol–water partition coefficient (Wildman–Crippen LogP) is 3.85. The standard InChI is InChI=1S/C17H21Cl2N5OS/c1-2-12-5-3-4-8-23(12)15(25)10-26-17-22-21-16(24(17)20)13-7-6-11(18)9-14(13)19/h6-7,9,12H,2-5,8,10,20H2,1H3/t12-/m0/s1. The number of nitrogen functional groups attached to an aromatic ring is 1. The lowest BCUT2D eigenvalue weighted by Gasteiger charge is -2.35. The highest BCUT2D eigenvalue weighted by Gasteiger charge is 2.26. The molecule has 0 unspecified atom stereocenters. The van der Waals surface area contributed by atoms with Crippen molar-refractivity contribution >= 4 is 40.9 Å². The molecular weight excluding hydrogens is 393 g/mol. The third kappa shape index (κ3) is 4.10. The molecule has 0 saturated carbocycles. The van der Waals surface area contributed by atoms with Crippen molar-refractivity contribution in [1.29, 1.82) is 0 Å². The smallest absolute Gasteiger partial charge is 0.233 e. The Balaban J connectivity index is 1.69. The normalized spacial score (nSPS) is 17.5. The summed E-state index contributed by atoms with van der Waals surface area (Å²) in [4.78, 5) is 14.6. The quantitative estimate of drug-likeness (QED) is 0.594. The summed E-state index contributed by atoms with van der Waals surface area (Å²) in [5, 5.41) is 9.67. The lowest BCUT2D eigenvalue weighted by atomic mass is 10.0. The first kappa shape index (κ1) is 19.3. The highest BCUT2D eigenvalue weighted by Crippen LogP contribution is 2.30. The molecule has 1 amide bonds. The van der Waals surface area contributed by atoms with Gasteiger partial charge in [0.1, 0.15) is 0 Å². The summed E-state index contributed by atoms with van der Waals surface area (Å²) >= 11 is 13.4. The van der Waals surface area contributed by atoms with Crippen LogP contribution < -0.4 is 5.84 Å². The Labute approximate surface area is 167 Å². The van der Waals surface area contributed by atoms with Gasteiger partial charge in [-0.1, -0.05) is 41.9 Å². The lowest BCUT2D eigenvalue weighted by Crippen LogP contribution is -2.44. The van der Waals surface area contributed by atoms with Gasteiger partial charge in [0.25, 0.3) is 0 Å². The number of benzene rings is 1. The van der Waals surface area contributed by atoms with E-state index in [1.165, 1.54) is 22.9 Å². The number of carbonyl (C=O) groups excluding carboxylic acids is 1. The van der Waals surface area contributed by atoms with E-state index in [-0.39, 0.29) is 5.91 Å². The van der Waals surface area contributed by atoms with Crippen LogP contribution in [0.5, 0.6) is 0 Å². The van der Waals surface area contributed by atoms with Crippen molar-refractivity contribution in [3.8, 4) is 11.4 Å². The first-order valence-electron chi connectivity index (χ1n) is 8.59. The molecule has 1 atom stereocenters. The Morgan fingerprint density at radius 2 is 2.15 bits per heavy atom. The Hall–Kier alpha value is -1.44. The number of hydrogen-bond acceptors (Lipinski definition) is 5. The zero-order chi connectivity index (χ0) is 18.7. The van der Waals surface area contributed by atoms with Crippen LogP contribution in [-0.4, -0.2) is 44.0 Å². The van der Waals surface area contributed by atoms with Crippen molar-refractivity contribution < 1.29 is 4.79 Å². The van der Waals surface area contributed by atoms with E-state index in [0.717, 1.165) is 25.8 Å². The van der Waals surface area contributed by atoms with Crippen molar-refractivity contribution in [1.82, 2.24) is 19.8 Å². The van der Waals surface area contributed by atoms with E-state index in [4.69, 9.17) is 29.0 Å². The van der Waals surface area contributed by atoms with Crippen molar-refractivity contribution in [2.75, 3.05) is 18.1 Å². The zero-order valence-corrected chi connectivity index (χ0v) is 16.8. The van der Waals surface area contributed by atoms with E-state index < -0.39 is 0 Å². The number of rotatable bonds is 5. The molecule has 1 aliphatic rings. The summed E-state index contributed by atoms with van der Waals surface area (Å²) < 4.78 is 1.36. The predicted molar refractivity (Wildman–Crippen MR) is 106 cm³/mol. The summed E-state index contributed by atoms with van der Waals surface area (Å²) in [7, 11) is 0. The molecule has 2 N–H and O–H groups in total. The number of nitrogens with two attached hydrogens (primary N) is 1. The fourth-order valence-corrected chi connectivity index (χ4v) is 4.43. The monoisotopic (exact) mass is 413 g/mol. The minimum atomic E-state index is 0.121. The number of thioether (sulfide) groups is 1. The number of likely N-dealkylation sites (tertiary alicyclic amines) is 1. The second kappa shape index (κ2) is 8.50. The van der Waals surface area contributed by atoms with Gasteiger partial charge in [-0.05, 0) is 43.9 Å². The molecule has 9 heteroatoms. The summed E-state index contributed by atoms with van der Waals surface area (Å²) in [6, 6.07) is 5.44. The largest absolute Gasteiger partial charge is 0.339 e. The zero-order valence-electron chi connectivity index (χ0n) is 14.5. The topological polar surface area (TPSA) is 77.0 Å². The second-order valence-electron chi connectivity index (χ2n) is 6.23. The molecule has 1 aliphatic heterocycles. The van der Waals surface area contributed by atoms with E-state index in [1.807, 2.05) is 4.90 Å². The fourth-order valence-electron chi connectivity index (χ4n) is 3.19. The number of aromatic nitrogens is 3. The third-order valence-corrected chi connectivity index (χ3v) is 6.06. The first-order chi connectivity index (χ1) is 12.5. The molecule has 0 radical (unpaired) electrons. The van der Waals surface area contributed by atoms with E-state index in [2.05, 4.69) is 17.1 Å². The molecule has 2 aromatic rings. The molecule has 6 nitrogen and oxygen atoms in total. The van der Waals surface area contributed by atoms with Gasteiger partial charge in [0.05, 0.1) is 10.8 Å². The lowest BCUT2D eigenvalue weighted by molar-refractivity contribution is -0.132. The summed E-state index contributed by atoms with van der Waals surface area (Å²) in [5.41, 5.74) is 0.645. The Bertz CT molecular complexity index is 797. The molecule has 140 valence electrons. The maximum atomic E-state index is 12.6. The number of hydrogen-bond donors (Lipinski definition) is 1. The van der Waals surface area contributed by atoms with Crippen LogP contribution in [0.3, 0.4) is 0 Å². The van der Waals surface area contributed by atoms with Gasteiger partial charge in [-0.25, -0.2) is 4.68 Å². The maximum Gasteiger partial charge on any atom is 0.233 e. The maximum absolute atomic E-state index is 12.6. The minimum absolute atomic E-state index is 0.121. The second-order valence-corrected chi connectivity index (χ2v) is 8.02. The van der Waals surface area contributed by atoms with Crippen LogP contribution >= 0.6 is 35.0 Å². The van der Waals surface area contributed by atoms with Gasteiger partial charge >= 0.3 is 0 Å². The number of carbonyl (C=O) groups is 1. The van der Waals surface area contributed by atoms with Crippen molar-refractivity contribution in [2.45, 2.75) is 43.8 Å². The van der Waals surface area contributed by atoms with Crippen LogP contribution in [0.2, 0.25) is 10.0 Å². The van der Waals surface area contributed by atoms with Crippen LogP contribution in [0.15, 0.2) is 23.4 Å². The van der Waals surface area contributed by atoms with Gasteiger partial charge in [0.2, 0.25) is 11.1 Å². The average Bonchev–Trinajstić information content (AvgIpc) is 3.00.